The van der Waals surface area contributed by atoms with Crippen LogP contribution in [0.15, 0.2) is 30.5 Å². The molecule has 1 heterocycles. The SMILES string of the molecule is C[C@@H](OC(=O)c1cn(C)c2ccccc12)C(=O)NC1CCCC1. The second kappa shape index (κ2) is 6.44. The molecule has 1 fully saturated rings. The number of nitrogens with one attached hydrogen (secondary N) is 1. The Kier molecular flexibility index (Phi) is 4.37. The third-order valence-electron chi connectivity index (χ3n) is 4.47. The van der Waals surface area contributed by atoms with Gasteiger partial charge in [0.1, 0.15) is 0 Å². The number of aromatic nitrogens is 1. The van der Waals surface area contributed by atoms with E-state index < -0.39 is 12.1 Å². The van der Waals surface area contributed by atoms with E-state index in [4.69, 9.17) is 4.74 Å². The fraction of sp³-hybridized carbons (Fsp3) is 0.444. The molecular weight excluding hydrogens is 292 g/mol. The van der Waals surface area contributed by atoms with Crippen LogP contribution >= 0.6 is 0 Å². The van der Waals surface area contributed by atoms with Crippen molar-refractivity contribution < 1.29 is 14.3 Å². The molecule has 1 aromatic heterocycles. The van der Waals surface area contributed by atoms with Crippen molar-refractivity contribution in [2.24, 2.45) is 7.05 Å². The number of amides is 1. The third-order valence-corrected chi connectivity index (χ3v) is 4.47. The Hall–Kier alpha value is -2.30. The zero-order valence-corrected chi connectivity index (χ0v) is 13.5. The molecular formula is C18H22N2O3. The molecule has 0 saturated heterocycles. The molecule has 1 aromatic carbocycles. The summed E-state index contributed by atoms with van der Waals surface area (Å²) in [6, 6.07) is 7.86. The maximum atomic E-state index is 12.4. The minimum absolute atomic E-state index is 0.217. The van der Waals surface area contributed by atoms with Crippen LogP contribution in [-0.2, 0) is 16.6 Å². The fourth-order valence-electron chi connectivity index (χ4n) is 3.17. The molecule has 23 heavy (non-hydrogen) atoms. The molecule has 1 aliphatic rings. The highest BCUT2D eigenvalue weighted by atomic mass is 16.5. The Labute approximate surface area is 135 Å². The van der Waals surface area contributed by atoms with Crippen LogP contribution in [0.3, 0.4) is 0 Å². The molecule has 5 nitrogen and oxygen atoms in total. The van der Waals surface area contributed by atoms with Gasteiger partial charge in [0.05, 0.1) is 5.56 Å². The molecule has 1 aliphatic carbocycles. The lowest BCUT2D eigenvalue weighted by Crippen LogP contribution is -2.40. The summed E-state index contributed by atoms with van der Waals surface area (Å²) < 4.78 is 7.25. The van der Waals surface area contributed by atoms with Gasteiger partial charge in [-0.25, -0.2) is 4.79 Å². The smallest absolute Gasteiger partial charge is 0.341 e. The predicted molar refractivity (Wildman–Crippen MR) is 88.2 cm³/mol. The predicted octanol–water partition coefficient (Wildman–Crippen LogP) is 2.78. The quantitative estimate of drug-likeness (QED) is 0.883. The first-order chi connectivity index (χ1) is 11.1. The second-order valence-electron chi connectivity index (χ2n) is 6.21. The lowest BCUT2D eigenvalue weighted by Gasteiger charge is -2.17. The normalized spacial score (nSPS) is 16.4. The monoisotopic (exact) mass is 314 g/mol. The first kappa shape index (κ1) is 15.6. The standard InChI is InChI=1S/C18H22N2O3/c1-12(17(21)19-13-7-3-4-8-13)23-18(22)15-11-20(2)16-10-6-5-9-14(15)16/h5-6,9-13H,3-4,7-8H2,1-2H3,(H,19,21)/t12-/m1/s1. The summed E-state index contributed by atoms with van der Waals surface area (Å²) in [5.41, 5.74) is 1.45. The number of rotatable bonds is 4. The zero-order valence-electron chi connectivity index (χ0n) is 13.5. The minimum atomic E-state index is -0.790. The van der Waals surface area contributed by atoms with Crippen LogP contribution in [0.2, 0.25) is 0 Å². The summed E-state index contributed by atoms with van der Waals surface area (Å²) in [4.78, 5) is 24.5. The number of ether oxygens (including phenoxy) is 1. The van der Waals surface area contributed by atoms with Gasteiger partial charge in [-0.3, -0.25) is 4.79 Å². The summed E-state index contributed by atoms with van der Waals surface area (Å²) in [7, 11) is 1.88. The average molecular weight is 314 g/mol. The molecule has 0 bridgehead atoms. The van der Waals surface area contributed by atoms with Crippen molar-refractivity contribution in [3.05, 3.63) is 36.0 Å². The van der Waals surface area contributed by atoms with Crippen LogP contribution in [0.4, 0.5) is 0 Å². The average Bonchev–Trinajstić information content (AvgIpc) is 3.16. The van der Waals surface area contributed by atoms with Crippen LogP contribution in [0.1, 0.15) is 43.0 Å². The van der Waals surface area contributed by atoms with Gasteiger partial charge in [-0.15, -0.1) is 0 Å². The van der Waals surface area contributed by atoms with Gasteiger partial charge < -0.3 is 14.6 Å². The van der Waals surface area contributed by atoms with Gasteiger partial charge in [0.15, 0.2) is 6.10 Å². The molecule has 5 heteroatoms. The number of nitrogens with zero attached hydrogens (tertiary/aromatic N) is 1. The van der Waals surface area contributed by atoms with Crippen molar-refractivity contribution in [1.29, 1.82) is 0 Å². The van der Waals surface area contributed by atoms with E-state index >= 15 is 0 Å². The number of hydrogen-bond donors (Lipinski definition) is 1. The Morgan fingerprint density at radius 2 is 1.96 bits per heavy atom. The molecule has 122 valence electrons. The number of hydrogen-bond acceptors (Lipinski definition) is 3. The first-order valence-electron chi connectivity index (χ1n) is 8.11. The molecule has 1 N–H and O–H groups in total. The van der Waals surface area contributed by atoms with Gasteiger partial charge in [-0.05, 0) is 25.8 Å². The highest BCUT2D eigenvalue weighted by molar-refractivity contribution is 6.05. The Bertz CT molecular complexity index is 729. The highest BCUT2D eigenvalue weighted by Gasteiger charge is 2.24. The van der Waals surface area contributed by atoms with E-state index in [0.717, 1.165) is 36.6 Å². The molecule has 0 radical (unpaired) electrons. The number of carbonyl (C=O) groups is 2. The largest absolute Gasteiger partial charge is 0.449 e. The van der Waals surface area contributed by atoms with Gasteiger partial charge >= 0.3 is 5.97 Å². The van der Waals surface area contributed by atoms with Crippen LogP contribution in [0.25, 0.3) is 10.9 Å². The summed E-state index contributed by atoms with van der Waals surface area (Å²) in [6.45, 7) is 1.62. The number of carbonyl (C=O) groups excluding carboxylic acids is 2. The maximum absolute atomic E-state index is 12.4. The lowest BCUT2D eigenvalue weighted by molar-refractivity contribution is -0.129. The molecule has 1 amide bonds. The van der Waals surface area contributed by atoms with Crippen molar-refractivity contribution in [1.82, 2.24) is 9.88 Å². The van der Waals surface area contributed by atoms with Gasteiger partial charge in [0.2, 0.25) is 0 Å². The van der Waals surface area contributed by atoms with E-state index in [-0.39, 0.29) is 11.9 Å². The highest BCUT2D eigenvalue weighted by Crippen LogP contribution is 2.22. The van der Waals surface area contributed by atoms with Crippen LogP contribution in [0, 0.1) is 0 Å². The van der Waals surface area contributed by atoms with Crippen molar-refractivity contribution in [2.75, 3.05) is 0 Å². The van der Waals surface area contributed by atoms with Crippen molar-refractivity contribution in [3.63, 3.8) is 0 Å². The maximum Gasteiger partial charge on any atom is 0.341 e. The topological polar surface area (TPSA) is 60.3 Å². The molecule has 0 unspecified atom stereocenters. The third kappa shape index (κ3) is 3.23. The Morgan fingerprint density at radius 1 is 1.26 bits per heavy atom. The van der Waals surface area contributed by atoms with E-state index in [2.05, 4.69) is 5.32 Å². The molecule has 1 saturated carbocycles. The number of aryl methyl sites for hydroxylation is 1. The van der Waals surface area contributed by atoms with Crippen molar-refractivity contribution in [2.45, 2.75) is 44.8 Å². The van der Waals surface area contributed by atoms with E-state index in [9.17, 15) is 9.59 Å². The minimum Gasteiger partial charge on any atom is -0.449 e. The summed E-state index contributed by atoms with van der Waals surface area (Å²) in [6.07, 6.45) is 5.27. The van der Waals surface area contributed by atoms with Crippen LogP contribution in [0.5, 0.6) is 0 Å². The molecule has 1 atom stereocenters. The van der Waals surface area contributed by atoms with E-state index in [0.29, 0.717) is 5.56 Å². The number of fused-ring (bicyclic) bond motifs is 1. The van der Waals surface area contributed by atoms with Gasteiger partial charge in [0.25, 0.3) is 5.91 Å². The lowest BCUT2D eigenvalue weighted by atomic mass is 10.2. The van der Waals surface area contributed by atoms with E-state index in [1.165, 1.54) is 0 Å². The number of esters is 1. The summed E-state index contributed by atoms with van der Waals surface area (Å²) >= 11 is 0. The number of benzene rings is 1. The zero-order chi connectivity index (χ0) is 16.4. The van der Waals surface area contributed by atoms with Gasteiger partial charge in [-0.1, -0.05) is 31.0 Å². The summed E-state index contributed by atoms with van der Waals surface area (Å²) in [5, 5.41) is 3.79. The van der Waals surface area contributed by atoms with Crippen LogP contribution < -0.4 is 5.32 Å². The molecule has 3 rings (SSSR count). The number of para-hydroxylation sites is 1. The van der Waals surface area contributed by atoms with E-state index in [1.54, 1.807) is 13.1 Å². The Balaban J connectivity index is 1.69. The molecule has 0 aliphatic heterocycles. The summed E-state index contributed by atoms with van der Waals surface area (Å²) in [5.74, 6) is -0.679. The van der Waals surface area contributed by atoms with E-state index in [1.807, 2.05) is 35.9 Å². The van der Waals surface area contributed by atoms with Crippen LogP contribution in [-0.4, -0.2) is 28.6 Å². The van der Waals surface area contributed by atoms with Crippen molar-refractivity contribution in [3.8, 4) is 0 Å². The van der Waals surface area contributed by atoms with Gasteiger partial charge in [-0.2, -0.15) is 0 Å². The van der Waals surface area contributed by atoms with Crippen molar-refractivity contribution >= 4 is 22.8 Å². The second-order valence-corrected chi connectivity index (χ2v) is 6.21. The molecule has 2 aromatic rings. The molecule has 0 spiro atoms. The van der Waals surface area contributed by atoms with Gasteiger partial charge in [0, 0.05) is 30.2 Å². The fourth-order valence-corrected chi connectivity index (χ4v) is 3.17. The Morgan fingerprint density at radius 3 is 2.70 bits per heavy atom. The first-order valence-corrected chi connectivity index (χ1v) is 8.11.